The molecule has 1 aliphatic rings. The Kier molecular flexibility index (Phi) is 5.97. The molecular weight excluding hydrogens is 414 g/mol. The first-order chi connectivity index (χ1) is 13.6. The summed E-state index contributed by atoms with van der Waals surface area (Å²) in [4.78, 5) is 14.0. The average molecular weight is 438 g/mol. The van der Waals surface area contributed by atoms with Crippen LogP contribution in [0.25, 0.3) is 0 Å². The highest BCUT2D eigenvalue weighted by atomic mass is 32.2. The van der Waals surface area contributed by atoms with E-state index in [1.165, 1.54) is 40.7 Å². The van der Waals surface area contributed by atoms with Gasteiger partial charge in [-0.05, 0) is 61.4 Å². The average Bonchev–Trinajstić information content (AvgIpc) is 3.23. The van der Waals surface area contributed by atoms with Crippen molar-refractivity contribution in [1.82, 2.24) is 9.03 Å². The van der Waals surface area contributed by atoms with Gasteiger partial charge in [-0.2, -0.15) is 4.31 Å². The molecule has 1 aliphatic heterocycles. The van der Waals surface area contributed by atoms with E-state index in [9.17, 15) is 21.6 Å². The maximum absolute atomic E-state index is 12.5. The molecule has 0 spiro atoms. The van der Waals surface area contributed by atoms with Crippen molar-refractivity contribution in [2.45, 2.75) is 22.6 Å². The SMILES string of the molecule is CN(C)c1ccc(C(=O)NS(=O)(=O)c2ccc(S(=O)(=O)N3CCCC3)cc2)cc1. The summed E-state index contributed by atoms with van der Waals surface area (Å²) in [6, 6.07) is 11.4. The Morgan fingerprint density at radius 2 is 1.38 bits per heavy atom. The smallest absolute Gasteiger partial charge is 0.264 e. The van der Waals surface area contributed by atoms with Crippen LogP contribution in [0.3, 0.4) is 0 Å². The minimum Gasteiger partial charge on any atom is -0.378 e. The van der Waals surface area contributed by atoms with Gasteiger partial charge >= 0.3 is 0 Å². The van der Waals surface area contributed by atoms with Crippen LogP contribution in [-0.4, -0.2) is 54.2 Å². The summed E-state index contributed by atoms with van der Waals surface area (Å²) in [7, 11) is -4.06. The van der Waals surface area contributed by atoms with Crippen LogP contribution in [0, 0.1) is 0 Å². The van der Waals surface area contributed by atoms with E-state index in [-0.39, 0.29) is 15.4 Å². The first-order valence-corrected chi connectivity index (χ1v) is 12.0. The molecule has 0 atom stereocenters. The zero-order valence-corrected chi connectivity index (χ0v) is 17.8. The van der Waals surface area contributed by atoms with Crippen LogP contribution in [0.5, 0.6) is 0 Å². The lowest BCUT2D eigenvalue weighted by Crippen LogP contribution is -2.31. The van der Waals surface area contributed by atoms with Crippen molar-refractivity contribution in [3.8, 4) is 0 Å². The summed E-state index contributed by atoms with van der Waals surface area (Å²) in [5, 5.41) is 0. The van der Waals surface area contributed by atoms with E-state index in [1.807, 2.05) is 23.7 Å². The number of nitrogens with zero attached hydrogens (tertiary/aromatic N) is 2. The molecule has 10 heteroatoms. The Bertz CT molecular complexity index is 1090. The van der Waals surface area contributed by atoms with Gasteiger partial charge in [-0.15, -0.1) is 0 Å². The van der Waals surface area contributed by atoms with Gasteiger partial charge in [0.1, 0.15) is 0 Å². The largest absolute Gasteiger partial charge is 0.378 e. The van der Waals surface area contributed by atoms with Crippen LogP contribution in [-0.2, 0) is 20.0 Å². The third kappa shape index (κ3) is 4.60. The van der Waals surface area contributed by atoms with Gasteiger partial charge in [-0.3, -0.25) is 4.79 Å². The van der Waals surface area contributed by atoms with E-state index in [0.717, 1.165) is 18.5 Å². The van der Waals surface area contributed by atoms with Crippen molar-refractivity contribution in [1.29, 1.82) is 0 Å². The quantitative estimate of drug-likeness (QED) is 0.737. The highest BCUT2D eigenvalue weighted by molar-refractivity contribution is 7.90. The zero-order chi connectivity index (χ0) is 21.2. The molecule has 0 bridgehead atoms. The van der Waals surface area contributed by atoms with E-state index in [0.29, 0.717) is 13.1 Å². The maximum atomic E-state index is 12.5. The van der Waals surface area contributed by atoms with Crippen LogP contribution >= 0.6 is 0 Å². The third-order valence-corrected chi connectivity index (χ3v) is 7.97. The van der Waals surface area contributed by atoms with Crippen molar-refractivity contribution in [2.75, 3.05) is 32.1 Å². The first-order valence-electron chi connectivity index (χ1n) is 9.06. The molecular formula is C19H23N3O5S2. The second-order valence-corrected chi connectivity index (χ2v) is 10.6. The molecule has 0 aromatic heterocycles. The molecule has 1 heterocycles. The Balaban J connectivity index is 1.76. The number of amides is 1. The van der Waals surface area contributed by atoms with Gasteiger partial charge in [-0.25, -0.2) is 21.6 Å². The number of anilines is 1. The van der Waals surface area contributed by atoms with E-state index in [1.54, 1.807) is 12.1 Å². The van der Waals surface area contributed by atoms with Gasteiger partial charge in [0, 0.05) is 38.4 Å². The summed E-state index contributed by atoms with van der Waals surface area (Å²) in [6.07, 6.45) is 1.63. The van der Waals surface area contributed by atoms with Crippen molar-refractivity contribution in [2.24, 2.45) is 0 Å². The van der Waals surface area contributed by atoms with Gasteiger partial charge in [0.15, 0.2) is 0 Å². The molecule has 0 radical (unpaired) electrons. The normalized spacial score (nSPS) is 15.2. The van der Waals surface area contributed by atoms with E-state index in [2.05, 4.69) is 0 Å². The Morgan fingerprint density at radius 3 is 1.90 bits per heavy atom. The fourth-order valence-corrected chi connectivity index (χ4v) is 5.51. The molecule has 2 aromatic carbocycles. The summed E-state index contributed by atoms with van der Waals surface area (Å²) in [6.45, 7) is 0.927. The Hall–Kier alpha value is -2.43. The minimum absolute atomic E-state index is 0.0314. The monoisotopic (exact) mass is 437 g/mol. The van der Waals surface area contributed by atoms with Crippen molar-refractivity contribution in [3.63, 3.8) is 0 Å². The number of carbonyl (C=O) groups excluding carboxylic acids is 1. The fourth-order valence-electron chi connectivity index (χ4n) is 3.02. The number of sulfonamides is 2. The molecule has 1 fully saturated rings. The van der Waals surface area contributed by atoms with E-state index < -0.39 is 26.0 Å². The number of carbonyl (C=O) groups is 1. The molecule has 0 unspecified atom stereocenters. The van der Waals surface area contributed by atoms with Crippen molar-refractivity contribution >= 4 is 31.6 Å². The molecule has 156 valence electrons. The van der Waals surface area contributed by atoms with E-state index in [4.69, 9.17) is 0 Å². The number of rotatable bonds is 6. The number of benzene rings is 2. The molecule has 0 saturated carbocycles. The lowest BCUT2D eigenvalue weighted by Gasteiger charge is -2.15. The molecule has 8 nitrogen and oxygen atoms in total. The lowest BCUT2D eigenvalue weighted by molar-refractivity contribution is 0.0981. The molecule has 29 heavy (non-hydrogen) atoms. The van der Waals surface area contributed by atoms with Gasteiger partial charge < -0.3 is 4.90 Å². The van der Waals surface area contributed by atoms with Gasteiger partial charge in [-0.1, -0.05) is 0 Å². The zero-order valence-electron chi connectivity index (χ0n) is 16.2. The predicted octanol–water partition coefficient (Wildman–Crippen LogP) is 1.66. The van der Waals surface area contributed by atoms with Crippen LogP contribution in [0.1, 0.15) is 23.2 Å². The highest BCUT2D eigenvalue weighted by Gasteiger charge is 2.28. The number of nitrogens with one attached hydrogen (secondary N) is 1. The fraction of sp³-hybridized carbons (Fsp3) is 0.316. The third-order valence-electron chi connectivity index (χ3n) is 4.71. The second kappa shape index (κ2) is 8.13. The van der Waals surface area contributed by atoms with Crippen molar-refractivity contribution in [3.05, 3.63) is 54.1 Å². The van der Waals surface area contributed by atoms with Crippen LogP contribution in [0.2, 0.25) is 0 Å². The van der Waals surface area contributed by atoms with Crippen LogP contribution < -0.4 is 9.62 Å². The number of hydrogen-bond acceptors (Lipinski definition) is 6. The molecule has 2 aromatic rings. The second-order valence-electron chi connectivity index (χ2n) is 6.96. The summed E-state index contributed by atoms with van der Waals surface area (Å²) < 4.78 is 53.5. The standard InChI is InChI=1S/C19H23N3O5S2/c1-21(2)16-7-5-15(6-8-16)19(23)20-28(24,25)17-9-11-18(12-10-17)29(26,27)22-13-3-4-14-22/h5-12H,3-4,13-14H2,1-2H3,(H,20,23). The minimum atomic E-state index is -4.13. The summed E-state index contributed by atoms with van der Waals surface area (Å²) in [5.41, 5.74) is 1.08. The first kappa shape index (κ1) is 21.3. The molecule has 1 saturated heterocycles. The lowest BCUT2D eigenvalue weighted by atomic mass is 10.2. The number of hydrogen-bond donors (Lipinski definition) is 1. The molecule has 1 N–H and O–H groups in total. The van der Waals surface area contributed by atoms with Gasteiger partial charge in [0.05, 0.1) is 9.79 Å². The highest BCUT2D eigenvalue weighted by Crippen LogP contribution is 2.22. The molecule has 1 amide bonds. The topological polar surface area (TPSA) is 104 Å². The Morgan fingerprint density at radius 1 is 0.862 bits per heavy atom. The summed E-state index contributed by atoms with van der Waals surface area (Å²) in [5.74, 6) is -0.760. The summed E-state index contributed by atoms with van der Waals surface area (Å²) >= 11 is 0. The Labute approximate surface area is 171 Å². The van der Waals surface area contributed by atoms with Crippen LogP contribution in [0.15, 0.2) is 58.3 Å². The molecule has 0 aliphatic carbocycles. The van der Waals surface area contributed by atoms with Crippen LogP contribution in [0.4, 0.5) is 5.69 Å². The molecule has 3 rings (SSSR count). The van der Waals surface area contributed by atoms with Crippen molar-refractivity contribution < 1.29 is 21.6 Å². The van der Waals surface area contributed by atoms with Gasteiger partial charge in [0.2, 0.25) is 10.0 Å². The predicted molar refractivity (Wildman–Crippen MR) is 110 cm³/mol. The van der Waals surface area contributed by atoms with Gasteiger partial charge in [0.25, 0.3) is 15.9 Å². The maximum Gasteiger partial charge on any atom is 0.264 e. The van der Waals surface area contributed by atoms with E-state index >= 15 is 0 Å².